The monoisotopic (exact) mass is 563 g/mol. The zero-order valence-corrected chi connectivity index (χ0v) is 19.6. The normalized spacial score (nSPS) is 11.2. The molecule has 0 saturated heterocycles. The first-order valence-electron chi connectivity index (χ1n) is 9.11. The molecule has 0 aliphatic rings. The molecule has 3 rings (SSSR count). The molecule has 7 nitrogen and oxygen atoms in total. The fourth-order valence-corrected chi connectivity index (χ4v) is 2.84. The smallest absolute Gasteiger partial charge is 0.387 e. The van der Waals surface area contributed by atoms with Gasteiger partial charge in [-0.1, -0.05) is 47.1 Å². The number of guanidine groups is 1. The van der Waals surface area contributed by atoms with Crippen LogP contribution in [0.4, 0.5) is 8.78 Å². The SMILES string of the molecule is CN=C(NCCc1nc(-c2cccc(Cl)c2)no1)NCc1ccccc1OC(F)F.I. The van der Waals surface area contributed by atoms with Crippen LogP contribution in [0.3, 0.4) is 0 Å². The highest BCUT2D eigenvalue weighted by molar-refractivity contribution is 14.0. The third kappa shape index (κ3) is 7.62. The zero-order valence-electron chi connectivity index (χ0n) is 16.5. The Morgan fingerprint density at radius 3 is 2.74 bits per heavy atom. The van der Waals surface area contributed by atoms with Crippen molar-refractivity contribution in [3.8, 4) is 17.1 Å². The van der Waals surface area contributed by atoms with Crippen LogP contribution in [0.15, 0.2) is 58.0 Å². The summed E-state index contributed by atoms with van der Waals surface area (Å²) in [6.07, 6.45) is 0.472. The lowest BCUT2D eigenvalue weighted by molar-refractivity contribution is -0.0504. The number of para-hydroxylation sites is 1. The molecule has 0 bridgehead atoms. The highest BCUT2D eigenvalue weighted by Crippen LogP contribution is 2.21. The van der Waals surface area contributed by atoms with Crippen LogP contribution in [-0.4, -0.2) is 36.3 Å². The van der Waals surface area contributed by atoms with E-state index in [0.29, 0.717) is 41.2 Å². The molecular formula is C20H21ClF2IN5O2. The van der Waals surface area contributed by atoms with Crippen LogP contribution in [0, 0.1) is 0 Å². The summed E-state index contributed by atoms with van der Waals surface area (Å²) in [6.45, 7) is -2.14. The Labute approximate surface area is 200 Å². The molecule has 0 saturated carbocycles. The van der Waals surface area contributed by atoms with E-state index in [1.54, 1.807) is 37.4 Å². The Hall–Kier alpha value is -2.47. The number of benzene rings is 2. The first-order chi connectivity index (χ1) is 14.5. The molecule has 1 aromatic heterocycles. The van der Waals surface area contributed by atoms with E-state index in [9.17, 15) is 8.78 Å². The summed E-state index contributed by atoms with van der Waals surface area (Å²) in [5, 5.41) is 10.7. The number of aliphatic imine (C=N–C) groups is 1. The lowest BCUT2D eigenvalue weighted by Crippen LogP contribution is -2.38. The third-order valence-electron chi connectivity index (χ3n) is 4.04. The van der Waals surface area contributed by atoms with Gasteiger partial charge in [-0.15, -0.1) is 24.0 Å². The number of hydrogen-bond acceptors (Lipinski definition) is 5. The number of rotatable bonds is 8. The van der Waals surface area contributed by atoms with Crippen LogP contribution in [0.2, 0.25) is 5.02 Å². The zero-order chi connectivity index (χ0) is 21.3. The van der Waals surface area contributed by atoms with Crippen molar-refractivity contribution in [1.29, 1.82) is 0 Å². The number of aromatic nitrogens is 2. The van der Waals surface area contributed by atoms with Crippen molar-refractivity contribution in [3.63, 3.8) is 0 Å². The number of halogens is 4. The van der Waals surface area contributed by atoms with Crippen LogP contribution < -0.4 is 15.4 Å². The Bertz CT molecular complexity index is 1000. The fourth-order valence-electron chi connectivity index (χ4n) is 2.65. The van der Waals surface area contributed by atoms with E-state index in [2.05, 4.69) is 30.5 Å². The van der Waals surface area contributed by atoms with Crippen molar-refractivity contribution >= 4 is 41.5 Å². The minimum absolute atomic E-state index is 0. The van der Waals surface area contributed by atoms with Gasteiger partial charge in [0.05, 0.1) is 0 Å². The van der Waals surface area contributed by atoms with Gasteiger partial charge in [0.1, 0.15) is 5.75 Å². The van der Waals surface area contributed by atoms with Crippen LogP contribution in [0.1, 0.15) is 11.5 Å². The van der Waals surface area contributed by atoms with Crippen LogP contribution in [0.25, 0.3) is 11.4 Å². The number of alkyl halides is 2. The standard InChI is InChI=1S/C20H20ClF2N5O2.HI/c1-24-20(26-12-14-5-2-3-8-16(14)29-19(22)23)25-10-9-17-27-18(28-30-17)13-6-4-7-15(21)11-13;/h2-8,11,19H,9-10,12H2,1H3,(H2,24,25,26);1H. The van der Waals surface area contributed by atoms with Gasteiger partial charge < -0.3 is 19.9 Å². The average molecular weight is 564 g/mol. The van der Waals surface area contributed by atoms with Crippen molar-refractivity contribution < 1.29 is 18.0 Å². The molecule has 0 radical (unpaired) electrons. The molecule has 0 aliphatic heterocycles. The van der Waals surface area contributed by atoms with E-state index in [1.165, 1.54) is 6.07 Å². The largest absolute Gasteiger partial charge is 0.434 e. The maximum Gasteiger partial charge on any atom is 0.387 e. The van der Waals surface area contributed by atoms with E-state index < -0.39 is 6.61 Å². The van der Waals surface area contributed by atoms with Gasteiger partial charge in [-0.05, 0) is 18.2 Å². The van der Waals surface area contributed by atoms with Gasteiger partial charge in [0, 0.05) is 42.7 Å². The molecule has 0 spiro atoms. The topological polar surface area (TPSA) is 84.6 Å². The lowest BCUT2D eigenvalue weighted by Gasteiger charge is -2.14. The second-order valence-electron chi connectivity index (χ2n) is 6.11. The summed E-state index contributed by atoms with van der Waals surface area (Å²) in [5.41, 5.74) is 1.36. The van der Waals surface area contributed by atoms with Crippen LogP contribution in [0.5, 0.6) is 5.75 Å². The molecule has 0 atom stereocenters. The minimum atomic E-state index is -2.88. The summed E-state index contributed by atoms with van der Waals surface area (Å²) in [7, 11) is 1.61. The van der Waals surface area contributed by atoms with Crippen molar-refractivity contribution in [2.24, 2.45) is 4.99 Å². The van der Waals surface area contributed by atoms with Crippen molar-refractivity contribution in [1.82, 2.24) is 20.8 Å². The van der Waals surface area contributed by atoms with Crippen molar-refractivity contribution in [3.05, 3.63) is 65.0 Å². The molecule has 3 aromatic rings. The van der Waals surface area contributed by atoms with E-state index in [-0.39, 0.29) is 36.3 Å². The van der Waals surface area contributed by atoms with Gasteiger partial charge in [0.25, 0.3) is 0 Å². The van der Waals surface area contributed by atoms with Gasteiger partial charge in [-0.3, -0.25) is 4.99 Å². The van der Waals surface area contributed by atoms with E-state index in [0.717, 1.165) is 5.56 Å². The lowest BCUT2D eigenvalue weighted by atomic mass is 10.2. The fraction of sp³-hybridized carbons (Fsp3) is 0.250. The Morgan fingerprint density at radius 1 is 1.19 bits per heavy atom. The summed E-state index contributed by atoms with van der Waals surface area (Å²) in [4.78, 5) is 8.46. The van der Waals surface area contributed by atoms with Gasteiger partial charge in [-0.2, -0.15) is 13.8 Å². The van der Waals surface area contributed by atoms with Gasteiger partial charge in [0.15, 0.2) is 5.96 Å². The van der Waals surface area contributed by atoms with Gasteiger partial charge in [-0.25, -0.2) is 0 Å². The molecule has 166 valence electrons. The molecule has 0 unspecified atom stereocenters. The third-order valence-corrected chi connectivity index (χ3v) is 4.28. The van der Waals surface area contributed by atoms with Crippen molar-refractivity contribution in [2.75, 3.05) is 13.6 Å². The first-order valence-corrected chi connectivity index (χ1v) is 9.48. The number of ether oxygens (including phenoxy) is 1. The van der Waals surface area contributed by atoms with Crippen LogP contribution >= 0.6 is 35.6 Å². The summed E-state index contributed by atoms with van der Waals surface area (Å²) < 4.78 is 34.8. The highest BCUT2D eigenvalue weighted by Gasteiger charge is 2.11. The molecule has 11 heteroatoms. The summed E-state index contributed by atoms with van der Waals surface area (Å²) in [6, 6.07) is 13.8. The quantitative estimate of drug-likeness (QED) is 0.238. The predicted octanol–water partition coefficient (Wildman–Crippen LogP) is 4.52. The number of nitrogens with one attached hydrogen (secondary N) is 2. The Kier molecular flexibility index (Phi) is 9.92. The van der Waals surface area contributed by atoms with Gasteiger partial charge >= 0.3 is 6.61 Å². The molecular weight excluding hydrogens is 543 g/mol. The van der Waals surface area contributed by atoms with Gasteiger partial charge in [0.2, 0.25) is 11.7 Å². The minimum Gasteiger partial charge on any atom is -0.434 e. The average Bonchev–Trinajstić information content (AvgIpc) is 3.20. The molecule has 0 amide bonds. The first kappa shape index (κ1) is 24.8. The summed E-state index contributed by atoms with van der Waals surface area (Å²) >= 11 is 5.98. The number of nitrogens with zero attached hydrogens (tertiary/aromatic N) is 3. The molecule has 1 heterocycles. The predicted molar refractivity (Wildman–Crippen MR) is 125 cm³/mol. The van der Waals surface area contributed by atoms with E-state index in [1.807, 2.05) is 12.1 Å². The Balaban J connectivity index is 0.00000341. The van der Waals surface area contributed by atoms with E-state index in [4.69, 9.17) is 16.1 Å². The summed E-state index contributed by atoms with van der Waals surface area (Å²) in [5.74, 6) is 1.54. The second-order valence-corrected chi connectivity index (χ2v) is 6.55. The van der Waals surface area contributed by atoms with Crippen molar-refractivity contribution in [2.45, 2.75) is 19.6 Å². The number of hydrogen-bond donors (Lipinski definition) is 2. The van der Waals surface area contributed by atoms with Crippen LogP contribution in [-0.2, 0) is 13.0 Å². The van der Waals surface area contributed by atoms with E-state index >= 15 is 0 Å². The molecule has 0 aliphatic carbocycles. The molecule has 0 fully saturated rings. The Morgan fingerprint density at radius 2 is 2.00 bits per heavy atom. The molecule has 2 aromatic carbocycles. The molecule has 2 N–H and O–H groups in total. The highest BCUT2D eigenvalue weighted by atomic mass is 127. The maximum atomic E-state index is 12.5. The maximum absolute atomic E-state index is 12.5. The second kappa shape index (κ2) is 12.4. The molecule has 31 heavy (non-hydrogen) atoms.